The van der Waals surface area contributed by atoms with Gasteiger partial charge in [-0.05, 0) is 37.8 Å². The summed E-state index contributed by atoms with van der Waals surface area (Å²) in [5.41, 5.74) is -0.810. The van der Waals surface area contributed by atoms with Crippen molar-refractivity contribution in [1.82, 2.24) is 10.6 Å². The summed E-state index contributed by atoms with van der Waals surface area (Å²) < 4.78 is 5.14. The Hall–Kier alpha value is -1.78. The second-order valence-electron chi connectivity index (χ2n) is 5.09. The molecule has 2 amide bonds. The minimum atomic E-state index is -0.810. The van der Waals surface area contributed by atoms with Crippen molar-refractivity contribution in [2.75, 3.05) is 0 Å². The van der Waals surface area contributed by atoms with Crippen molar-refractivity contribution >= 4 is 11.8 Å². The Balaban J connectivity index is 1.55. The van der Waals surface area contributed by atoms with Gasteiger partial charge in [0.25, 0.3) is 0 Å². The molecule has 0 saturated heterocycles. The zero-order chi connectivity index (χ0) is 12.6. The van der Waals surface area contributed by atoms with E-state index < -0.39 is 5.41 Å². The lowest BCUT2D eigenvalue weighted by Crippen LogP contribution is -2.43. The molecule has 2 N–H and O–H groups in total. The summed E-state index contributed by atoms with van der Waals surface area (Å²) in [6.07, 6.45) is 4.94. The Labute approximate surface area is 105 Å². The molecule has 5 heteroatoms. The molecule has 2 aliphatic rings. The van der Waals surface area contributed by atoms with Crippen molar-refractivity contribution < 1.29 is 14.0 Å². The van der Waals surface area contributed by atoms with Crippen LogP contribution in [0.1, 0.15) is 31.4 Å². The van der Waals surface area contributed by atoms with Gasteiger partial charge >= 0.3 is 0 Å². The third-order valence-electron chi connectivity index (χ3n) is 3.54. The van der Waals surface area contributed by atoms with E-state index in [1.807, 2.05) is 0 Å². The van der Waals surface area contributed by atoms with Gasteiger partial charge in [0.2, 0.25) is 11.8 Å². The molecule has 1 heterocycles. The third-order valence-corrected chi connectivity index (χ3v) is 3.54. The van der Waals surface area contributed by atoms with Crippen LogP contribution in [0.4, 0.5) is 0 Å². The van der Waals surface area contributed by atoms with E-state index in [4.69, 9.17) is 4.42 Å². The molecule has 0 bridgehead atoms. The van der Waals surface area contributed by atoms with Crippen LogP contribution in [0.5, 0.6) is 0 Å². The lowest BCUT2D eigenvalue weighted by atomic mass is 10.1. The van der Waals surface area contributed by atoms with E-state index in [9.17, 15) is 9.59 Å². The topological polar surface area (TPSA) is 71.3 Å². The summed E-state index contributed by atoms with van der Waals surface area (Å²) in [4.78, 5) is 24.0. The van der Waals surface area contributed by atoms with E-state index >= 15 is 0 Å². The van der Waals surface area contributed by atoms with Gasteiger partial charge in [0.1, 0.15) is 11.2 Å². The lowest BCUT2D eigenvalue weighted by molar-refractivity contribution is -0.137. The molecule has 0 aliphatic heterocycles. The molecule has 0 spiro atoms. The molecular weight excluding hydrogens is 232 g/mol. The number of nitrogens with one attached hydrogen (secondary N) is 2. The van der Waals surface area contributed by atoms with Gasteiger partial charge in [-0.25, -0.2) is 0 Å². The number of carbonyl (C=O) groups excluding carboxylic acids is 2. The first-order valence-electron chi connectivity index (χ1n) is 6.32. The molecule has 0 atom stereocenters. The first kappa shape index (κ1) is 11.3. The maximum atomic E-state index is 12.1. The van der Waals surface area contributed by atoms with Crippen LogP contribution in [0.3, 0.4) is 0 Å². The Bertz CT molecular complexity index is 459. The van der Waals surface area contributed by atoms with Gasteiger partial charge in [0.05, 0.1) is 12.8 Å². The minimum Gasteiger partial charge on any atom is -0.467 e. The summed E-state index contributed by atoms with van der Waals surface area (Å²) in [6, 6.07) is 3.87. The summed E-state index contributed by atoms with van der Waals surface area (Å²) in [6.45, 7) is 0.338. The SMILES string of the molecule is O=C(NCc1ccco1)C1(C(=O)NC2CC2)CC1. The van der Waals surface area contributed by atoms with Crippen molar-refractivity contribution in [2.24, 2.45) is 5.41 Å². The molecule has 3 rings (SSSR count). The molecule has 96 valence electrons. The molecule has 0 aromatic carbocycles. The van der Waals surface area contributed by atoms with Crippen LogP contribution in [0.2, 0.25) is 0 Å². The molecule has 2 fully saturated rings. The maximum Gasteiger partial charge on any atom is 0.236 e. The molecule has 0 unspecified atom stereocenters. The van der Waals surface area contributed by atoms with Crippen LogP contribution in [0.15, 0.2) is 22.8 Å². The van der Waals surface area contributed by atoms with Crippen molar-refractivity contribution in [3.8, 4) is 0 Å². The van der Waals surface area contributed by atoms with Crippen LogP contribution >= 0.6 is 0 Å². The first-order valence-corrected chi connectivity index (χ1v) is 6.32. The van der Waals surface area contributed by atoms with Gasteiger partial charge in [-0.15, -0.1) is 0 Å². The first-order chi connectivity index (χ1) is 8.71. The van der Waals surface area contributed by atoms with Crippen LogP contribution in [-0.4, -0.2) is 17.9 Å². The maximum absolute atomic E-state index is 12.1. The molecular formula is C13H16N2O3. The Morgan fingerprint density at radius 3 is 2.67 bits per heavy atom. The number of carbonyl (C=O) groups is 2. The summed E-state index contributed by atoms with van der Waals surface area (Å²) in [5.74, 6) is 0.403. The fourth-order valence-electron chi connectivity index (χ4n) is 1.98. The highest BCUT2D eigenvalue weighted by Gasteiger charge is 2.57. The Morgan fingerprint density at radius 2 is 2.11 bits per heavy atom. The van der Waals surface area contributed by atoms with E-state index in [0.717, 1.165) is 12.8 Å². The quantitative estimate of drug-likeness (QED) is 0.762. The van der Waals surface area contributed by atoms with Crippen molar-refractivity contribution in [3.63, 3.8) is 0 Å². The predicted molar refractivity (Wildman–Crippen MR) is 63.4 cm³/mol. The molecule has 5 nitrogen and oxygen atoms in total. The molecule has 2 saturated carbocycles. The molecule has 1 aromatic heterocycles. The predicted octanol–water partition coefficient (Wildman–Crippen LogP) is 0.955. The molecule has 2 aliphatic carbocycles. The lowest BCUT2D eigenvalue weighted by Gasteiger charge is -2.14. The summed E-state index contributed by atoms with van der Waals surface area (Å²) in [7, 11) is 0. The number of furan rings is 1. The van der Waals surface area contributed by atoms with Crippen LogP contribution in [0, 0.1) is 5.41 Å². The van der Waals surface area contributed by atoms with E-state index in [1.54, 1.807) is 18.4 Å². The van der Waals surface area contributed by atoms with Crippen LogP contribution < -0.4 is 10.6 Å². The van der Waals surface area contributed by atoms with E-state index in [2.05, 4.69) is 10.6 Å². The molecule has 1 aromatic rings. The highest BCUT2D eigenvalue weighted by molar-refractivity contribution is 6.08. The number of hydrogen-bond donors (Lipinski definition) is 2. The fourth-order valence-corrected chi connectivity index (χ4v) is 1.98. The van der Waals surface area contributed by atoms with E-state index in [-0.39, 0.29) is 11.8 Å². The molecule has 0 radical (unpaired) electrons. The summed E-state index contributed by atoms with van der Waals surface area (Å²) >= 11 is 0. The fraction of sp³-hybridized carbons (Fsp3) is 0.538. The highest BCUT2D eigenvalue weighted by atomic mass is 16.3. The Kier molecular flexibility index (Phi) is 2.61. The monoisotopic (exact) mass is 248 g/mol. The normalized spacial score (nSPS) is 20.2. The van der Waals surface area contributed by atoms with Gasteiger partial charge < -0.3 is 15.1 Å². The average molecular weight is 248 g/mol. The van der Waals surface area contributed by atoms with Gasteiger partial charge in [0, 0.05) is 6.04 Å². The van der Waals surface area contributed by atoms with Crippen LogP contribution in [0.25, 0.3) is 0 Å². The number of rotatable bonds is 5. The Morgan fingerprint density at radius 1 is 1.33 bits per heavy atom. The largest absolute Gasteiger partial charge is 0.467 e. The van der Waals surface area contributed by atoms with Crippen LogP contribution in [-0.2, 0) is 16.1 Å². The van der Waals surface area contributed by atoms with Gasteiger partial charge in [-0.2, -0.15) is 0 Å². The van der Waals surface area contributed by atoms with Crippen molar-refractivity contribution in [3.05, 3.63) is 24.2 Å². The summed E-state index contributed by atoms with van der Waals surface area (Å²) in [5, 5.41) is 5.68. The molecule has 18 heavy (non-hydrogen) atoms. The van der Waals surface area contributed by atoms with E-state index in [1.165, 1.54) is 0 Å². The zero-order valence-electron chi connectivity index (χ0n) is 10.1. The second-order valence-corrected chi connectivity index (χ2v) is 5.09. The highest BCUT2D eigenvalue weighted by Crippen LogP contribution is 2.46. The standard InChI is InChI=1S/C13H16N2O3/c16-11(14-8-10-2-1-7-18-10)13(5-6-13)12(17)15-9-3-4-9/h1-2,7,9H,3-6,8H2,(H,14,16)(H,15,17). The van der Waals surface area contributed by atoms with Gasteiger partial charge in [-0.1, -0.05) is 0 Å². The van der Waals surface area contributed by atoms with E-state index in [0.29, 0.717) is 31.2 Å². The van der Waals surface area contributed by atoms with Crippen molar-refractivity contribution in [2.45, 2.75) is 38.3 Å². The third kappa shape index (κ3) is 2.12. The number of hydrogen-bond acceptors (Lipinski definition) is 3. The minimum absolute atomic E-state index is 0.109. The second kappa shape index (κ2) is 4.15. The van der Waals surface area contributed by atoms with Gasteiger partial charge in [-0.3, -0.25) is 9.59 Å². The average Bonchev–Trinajstić information content (AvgIpc) is 3.27. The number of amides is 2. The zero-order valence-corrected chi connectivity index (χ0v) is 10.1. The van der Waals surface area contributed by atoms with Crippen molar-refractivity contribution in [1.29, 1.82) is 0 Å². The van der Waals surface area contributed by atoms with Gasteiger partial charge in [0.15, 0.2) is 0 Å². The smallest absolute Gasteiger partial charge is 0.236 e.